The Bertz CT molecular complexity index is 1420. The third-order valence-corrected chi connectivity index (χ3v) is 8.52. The molecule has 3 aromatic carbocycles. The Balaban J connectivity index is 1.76. The predicted molar refractivity (Wildman–Crippen MR) is 149 cm³/mol. The van der Waals surface area contributed by atoms with E-state index in [1.165, 1.54) is 11.8 Å². The van der Waals surface area contributed by atoms with Crippen molar-refractivity contribution in [2.45, 2.75) is 37.7 Å². The smallest absolute Gasteiger partial charge is 0.305 e. The van der Waals surface area contributed by atoms with E-state index in [0.717, 1.165) is 38.2 Å². The number of carboxylic acids is 1. The van der Waals surface area contributed by atoms with Crippen molar-refractivity contribution in [3.8, 4) is 10.6 Å². The molecule has 0 saturated carbocycles. The molecule has 0 radical (unpaired) electrons. The van der Waals surface area contributed by atoms with Gasteiger partial charge in [-0.15, -0.1) is 23.1 Å². The molecule has 36 heavy (non-hydrogen) atoms. The van der Waals surface area contributed by atoms with Crippen molar-refractivity contribution in [3.63, 3.8) is 0 Å². The highest BCUT2D eigenvalue weighted by molar-refractivity contribution is 8.01. The molecule has 1 aliphatic heterocycles. The first-order valence-corrected chi connectivity index (χ1v) is 13.7. The minimum Gasteiger partial charge on any atom is -0.481 e. The van der Waals surface area contributed by atoms with Crippen LogP contribution in [0.2, 0.25) is 0 Å². The van der Waals surface area contributed by atoms with Gasteiger partial charge in [0.05, 0.1) is 16.9 Å². The zero-order valence-corrected chi connectivity index (χ0v) is 22.1. The number of aromatic nitrogens is 1. The summed E-state index contributed by atoms with van der Waals surface area (Å²) in [7, 11) is 0. The topological polar surface area (TPSA) is 70.5 Å². The summed E-state index contributed by atoms with van der Waals surface area (Å²) in [4.78, 5) is 32.1. The van der Waals surface area contributed by atoms with Gasteiger partial charge in [0.2, 0.25) is 5.91 Å². The molecular formula is C29H28N2O3S2. The largest absolute Gasteiger partial charge is 0.481 e. The summed E-state index contributed by atoms with van der Waals surface area (Å²) in [6, 6.07) is 20.6. The second-order valence-corrected chi connectivity index (χ2v) is 12.5. The summed E-state index contributed by atoms with van der Waals surface area (Å²) in [5, 5.41) is 13.9. The Kier molecular flexibility index (Phi) is 6.62. The molecule has 1 aliphatic rings. The summed E-state index contributed by atoms with van der Waals surface area (Å²) < 4.78 is 0. The van der Waals surface area contributed by atoms with Crippen LogP contribution in [0.1, 0.15) is 43.6 Å². The lowest BCUT2D eigenvalue weighted by Crippen LogP contribution is -2.42. The Labute approximate surface area is 219 Å². The molecule has 1 amide bonds. The predicted octanol–water partition coefficient (Wildman–Crippen LogP) is 7.02. The quantitative estimate of drug-likeness (QED) is 0.309. The molecule has 7 heteroatoms. The van der Waals surface area contributed by atoms with Crippen LogP contribution >= 0.6 is 23.1 Å². The normalized spacial score (nSPS) is 18.2. The van der Waals surface area contributed by atoms with Gasteiger partial charge in [0, 0.05) is 29.4 Å². The molecule has 184 valence electrons. The van der Waals surface area contributed by atoms with Gasteiger partial charge in [-0.3, -0.25) is 9.59 Å². The van der Waals surface area contributed by atoms with Gasteiger partial charge < -0.3 is 10.0 Å². The molecule has 0 bridgehead atoms. The molecule has 5 nitrogen and oxygen atoms in total. The zero-order chi connectivity index (χ0) is 25.4. The highest BCUT2D eigenvalue weighted by atomic mass is 32.2. The van der Waals surface area contributed by atoms with Crippen molar-refractivity contribution < 1.29 is 14.7 Å². The van der Waals surface area contributed by atoms with Crippen molar-refractivity contribution >= 4 is 51.4 Å². The number of nitrogens with zero attached hydrogens (tertiary/aromatic N) is 2. The molecule has 2 atom stereocenters. The Morgan fingerprint density at radius 2 is 1.83 bits per heavy atom. The molecule has 2 heterocycles. The van der Waals surface area contributed by atoms with E-state index in [0.29, 0.717) is 6.54 Å². The summed E-state index contributed by atoms with van der Waals surface area (Å²) >= 11 is 3.02. The Morgan fingerprint density at radius 3 is 2.56 bits per heavy atom. The first-order chi connectivity index (χ1) is 17.2. The number of amides is 1. The van der Waals surface area contributed by atoms with E-state index in [4.69, 9.17) is 0 Å². The number of carboxylic acid groups (broad SMARTS) is 1. The first-order valence-electron chi connectivity index (χ1n) is 11.9. The maximum Gasteiger partial charge on any atom is 0.305 e. The lowest BCUT2D eigenvalue weighted by atomic mass is 9.93. The number of aliphatic carboxylic acids is 1. The molecule has 0 saturated heterocycles. The van der Waals surface area contributed by atoms with Crippen LogP contribution in [0.3, 0.4) is 0 Å². The van der Waals surface area contributed by atoms with Gasteiger partial charge in [0.25, 0.3) is 0 Å². The summed E-state index contributed by atoms with van der Waals surface area (Å²) in [5.74, 6) is -1.12. The second kappa shape index (κ2) is 9.71. The van der Waals surface area contributed by atoms with Crippen LogP contribution in [-0.2, 0) is 9.59 Å². The number of carbonyl (C=O) groups excluding carboxylic acids is 1. The van der Waals surface area contributed by atoms with Gasteiger partial charge >= 0.3 is 5.97 Å². The van der Waals surface area contributed by atoms with Crippen LogP contribution in [0.4, 0.5) is 5.69 Å². The summed E-state index contributed by atoms with van der Waals surface area (Å²) in [6.45, 7) is 6.78. The molecule has 0 spiro atoms. The van der Waals surface area contributed by atoms with Gasteiger partial charge in [-0.25, -0.2) is 4.98 Å². The van der Waals surface area contributed by atoms with Crippen molar-refractivity contribution in [3.05, 3.63) is 83.4 Å². The molecule has 0 aliphatic carbocycles. The minimum absolute atomic E-state index is 0.150. The number of thioether (sulfide) groups is 1. The lowest BCUT2D eigenvalue weighted by molar-refractivity contribution is -0.138. The molecule has 0 fully saturated rings. The monoisotopic (exact) mass is 516 g/mol. The fraction of sp³-hybridized carbons (Fsp3) is 0.276. The Hall–Kier alpha value is -3.16. The third-order valence-electron chi connectivity index (χ3n) is 6.22. The number of hydrogen-bond acceptors (Lipinski definition) is 5. The van der Waals surface area contributed by atoms with E-state index < -0.39 is 11.2 Å². The van der Waals surface area contributed by atoms with Gasteiger partial charge in [-0.2, -0.15) is 0 Å². The maximum absolute atomic E-state index is 13.9. The average Bonchev–Trinajstić information content (AvgIpc) is 3.35. The fourth-order valence-electron chi connectivity index (χ4n) is 4.75. The van der Waals surface area contributed by atoms with E-state index in [2.05, 4.69) is 56.1 Å². The summed E-state index contributed by atoms with van der Waals surface area (Å²) in [5.41, 5.74) is 3.76. The van der Waals surface area contributed by atoms with Crippen LogP contribution in [0.15, 0.2) is 72.2 Å². The number of anilines is 1. The van der Waals surface area contributed by atoms with Gasteiger partial charge in [0.15, 0.2) is 0 Å². The van der Waals surface area contributed by atoms with Crippen LogP contribution in [0.5, 0.6) is 0 Å². The van der Waals surface area contributed by atoms with Gasteiger partial charge in [-0.05, 0) is 45.5 Å². The zero-order valence-electron chi connectivity index (χ0n) is 20.5. The minimum atomic E-state index is -0.970. The van der Waals surface area contributed by atoms with Crippen LogP contribution in [0, 0.1) is 5.41 Å². The molecule has 1 aromatic heterocycles. The van der Waals surface area contributed by atoms with Crippen LogP contribution < -0.4 is 4.90 Å². The van der Waals surface area contributed by atoms with E-state index >= 15 is 0 Å². The fourth-order valence-corrected chi connectivity index (χ4v) is 6.88. The number of rotatable bonds is 5. The number of thiazole rings is 1. The molecule has 2 unspecified atom stereocenters. The van der Waals surface area contributed by atoms with Crippen molar-refractivity contribution in [2.75, 3.05) is 11.4 Å². The molecule has 1 N–H and O–H groups in total. The number of carbonyl (C=O) groups is 2. The lowest BCUT2D eigenvalue weighted by Gasteiger charge is -2.31. The first kappa shape index (κ1) is 24.5. The Morgan fingerprint density at radius 1 is 1.06 bits per heavy atom. The number of benzene rings is 3. The van der Waals surface area contributed by atoms with Crippen molar-refractivity contribution in [1.29, 1.82) is 0 Å². The van der Waals surface area contributed by atoms with Crippen molar-refractivity contribution in [1.82, 2.24) is 4.98 Å². The van der Waals surface area contributed by atoms with Crippen LogP contribution in [-0.4, -0.2) is 33.8 Å². The van der Waals surface area contributed by atoms with E-state index in [9.17, 15) is 14.7 Å². The average molecular weight is 517 g/mol. The summed E-state index contributed by atoms with van der Waals surface area (Å²) in [6.07, 6.45) is 1.57. The molecular weight excluding hydrogens is 488 g/mol. The third kappa shape index (κ3) is 4.90. The standard InChI is InChI=1S/C29H28N2O3S2/c1-29(2,3)17-31-23-12-11-19(27-30-13-14-35-27)15-22(23)26(36-24(28(31)34)16-25(32)33)21-10-6-8-18-7-4-5-9-20(18)21/h4-15,24,26H,16-17H2,1-3H3,(H,32,33). The van der Waals surface area contributed by atoms with E-state index in [1.54, 1.807) is 17.5 Å². The second-order valence-electron chi connectivity index (χ2n) is 10.3. The van der Waals surface area contributed by atoms with Gasteiger partial charge in [-0.1, -0.05) is 63.2 Å². The maximum atomic E-state index is 13.9. The van der Waals surface area contributed by atoms with Gasteiger partial charge in [0.1, 0.15) is 5.01 Å². The van der Waals surface area contributed by atoms with Crippen molar-refractivity contribution in [2.24, 2.45) is 5.41 Å². The number of hydrogen-bond donors (Lipinski definition) is 1. The van der Waals surface area contributed by atoms with Crippen LogP contribution in [0.25, 0.3) is 21.3 Å². The SMILES string of the molecule is CC(C)(C)CN1C(=O)C(CC(=O)O)SC(c2cccc3ccccc23)c2cc(-c3nccs3)ccc21. The highest BCUT2D eigenvalue weighted by Gasteiger charge is 2.39. The van der Waals surface area contributed by atoms with E-state index in [1.807, 2.05) is 40.6 Å². The molecule has 5 rings (SSSR count). The highest BCUT2D eigenvalue weighted by Crippen LogP contribution is 2.49. The molecule has 4 aromatic rings. The van der Waals surface area contributed by atoms with E-state index in [-0.39, 0.29) is 23.0 Å². The number of fused-ring (bicyclic) bond motifs is 2.